The summed E-state index contributed by atoms with van der Waals surface area (Å²) >= 11 is 0. The van der Waals surface area contributed by atoms with E-state index < -0.39 is 24.5 Å². The van der Waals surface area contributed by atoms with Crippen LogP contribution in [0.25, 0.3) is 27.9 Å². The molecular formula is C35H40FN9O5. The molecule has 1 N–H and O–H groups in total. The Bertz CT molecular complexity index is 2160. The molecule has 15 heteroatoms. The van der Waals surface area contributed by atoms with Gasteiger partial charge in [-0.15, -0.1) is 15.3 Å². The van der Waals surface area contributed by atoms with E-state index in [1.807, 2.05) is 6.92 Å². The van der Waals surface area contributed by atoms with Gasteiger partial charge >= 0.3 is 6.09 Å². The summed E-state index contributed by atoms with van der Waals surface area (Å²) in [7, 11) is 3.00. The standard InChI is InChI=1S/C35H40FN9O5/c1-20-14-23(20)33(46)38-28-15-24-25(17-37-32(30(24)41-40-28)43(5)18-21-8-10-22(49-7)11-9-21)31-39-29-16-26(36)27(19-45(29)42-31)44(12-13-48-6)34(47)50-35(2,3)4/h8-11,15-17,19-20,23H,12-14,18H2,1-7H3,(H,38,40,46)/t20-,23+/m1/s1/i5D3. The highest BCUT2D eigenvalue weighted by molar-refractivity contribution is 6.01. The molecule has 0 spiro atoms. The molecule has 1 saturated carbocycles. The highest BCUT2D eigenvalue weighted by Crippen LogP contribution is 2.39. The highest BCUT2D eigenvalue weighted by Gasteiger charge is 2.39. The van der Waals surface area contributed by atoms with E-state index in [4.69, 9.17) is 18.3 Å². The first-order valence-corrected chi connectivity index (χ1v) is 16.0. The fraction of sp³-hybridized carbons (Fsp3) is 0.400. The number of rotatable bonds is 11. The number of nitrogens with one attached hydrogen (secondary N) is 1. The molecule has 0 aliphatic heterocycles. The number of aromatic nitrogens is 6. The minimum absolute atomic E-state index is 0.00370. The number of carbonyl (C=O) groups excluding carboxylic acids is 2. The molecule has 50 heavy (non-hydrogen) atoms. The van der Waals surface area contributed by atoms with Crippen molar-refractivity contribution in [1.29, 1.82) is 0 Å². The fourth-order valence-electron chi connectivity index (χ4n) is 5.37. The molecule has 1 aliphatic carbocycles. The van der Waals surface area contributed by atoms with Crippen LogP contribution in [0.4, 0.5) is 26.5 Å². The largest absolute Gasteiger partial charge is 0.497 e. The van der Waals surface area contributed by atoms with Crippen LogP contribution >= 0.6 is 0 Å². The number of ether oxygens (including phenoxy) is 3. The van der Waals surface area contributed by atoms with Crippen molar-refractivity contribution in [1.82, 2.24) is 29.8 Å². The smallest absolute Gasteiger partial charge is 0.415 e. The molecule has 1 aromatic carbocycles. The van der Waals surface area contributed by atoms with Crippen LogP contribution in [0.3, 0.4) is 0 Å². The Hall–Kier alpha value is -5.44. The van der Waals surface area contributed by atoms with Crippen LogP contribution in [0.1, 0.15) is 43.8 Å². The van der Waals surface area contributed by atoms with Crippen molar-refractivity contribution < 1.29 is 32.3 Å². The average molecular weight is 689 g/mol. The SMILES string of the molecule is [2H]C([2H])([2H])N(Cc1ccc(OC)cc1)c1ncc(-c2nc3cc(F)c(N(CCOC)C(=O)OC(C)(C)C)cn3n2)c2cc(NC(=O)[C@H]3C[C@H]3C)nnc12. The number of hydrogen-bond donors (Lipinski definition) is 1. The lowest BCUT2D eigenvalue weighted by Crippen LogP contribution is -2.39. The summed E-state index contributed by atoms with van der Waals surface area (Å²) in [5, 5.41) is 16.3. The van der Waals surface area contributed by atoms with Crippen molar-refractivity contribution >= 4 is 45.9 Å². The van der Waals surface area contributed by atoms with Crippen LogP contribution in [0.5, 0.6) is 5.75 Å². The minimum Gasteiger partial charge on any atom is -0.497 e. The van der Waals surface area contributed by atoms with Gasteiger partial charge in [-0.25, -0.2) is 23.7 Å². The maximum absolute atomic E-state index is 15.7. The topological polar surface area (TPSA) is 149 Å². The summed E-state index contributed by atoms with van der Waals surface area (Å²) in [6, 6.07) is 9.65. The zero-order valence-electron chi connectivity index (χ0n) is 31.6. The van der Waals surface area contributed by atoms with Gasteiger partial charge in [0, 0.05) is 53.9 Å². The Morgan fingerprint density at radius 3 is 2.58 bits per heavy atom. The molecule has 0 radical (unpaired) electrons. The van der Waals surface area contributed by atoms with E-state index in [9.17, 15) is 9.59 Å². The average Bonchev–Trinajstić information content (AvgIpc) is 3.70. The third kappa shape index (κ3) is 7.42. The van der Waals surface area contributed by atoms with Gasteiger partial charge in [0.1, 0.15) is 22.6 Å². The second kappa shape index (κ2) is 13.8. The monoisotopic (exact) mass is 688 g/mol. The summed E-state index contributed by atoms with van der Waals surface area (Å²) in [6.45, 7) is 4.47. The Kier molecular flexibility index (Phi) is 8.46. The third-order valence-electron chi connectivity index (χ3n) is 8.13. The molecular weight excluding hydrogens is 645 g/mol. The zero-order valence-corrected chi connectivity index (χ0v) is 28.6. The molecule has 2 amide bonds. The molecule has 14 nitrogen and oxygen atoms in total. The zero-order chi connectivity index (χ0) is 38.2. The number of methoxy groups -OCH3 is 2. The number of benzene rings is 1. The normalized spacial score (nSPS) is 16.7. The van der Waals surface area contributed by atoms with E-state index in [0.717, 1.165) is 22.3 Å². The van der Waals surface area contributed by atoms with Crippen LogP contribution in [0.2, 0.25) is 0 Å². The van der Waals surface area contributed by atoms with Crippen LogP contribution < -0.4 is 19.9 Å². The Morgan fingerprint density at radius 2 is 1.92 bits per heavy atom. The summed E-state index contributed by atoms with van der Waals surface area (Å²) in [4.78, 5) is 37.3. The van der Waals surface area contributed by atoms with Crippen molar-refractivity contribution in [2.24, 2.45) is 11.8 Å². The molecule has 6 rings (SSSR count). The van der Waals surface area contributed by atoms with E-state index in [-0.39, 0.29) is 71.8 Å². The summed E-state index contributed by atoms with van der Waals surface area (Å²) in [6.07, 6.45) is 2.70. The number of pyridine rings is 2. The first kappa shape index (κ1) is 30.6. The Morgan fingerprint density at radius 1 is 1.16 bits per heavy atom. The molecule has 0 bridgehead atoms. The molecule has 1 aliphatic rings. The number of fused-ring (bicyclic) bond motifs is 2. The predicted octanol–water partition coefficient (Wildman–Crippen LogP) is 5.50. The van der Waals surface area contributed by atoms with Crippen molar-refractivity contribution in [3.63, 3.8) is 0 Å². The Labute approximate surface area is 292 Å². The minimum atomic E-state index is -2.66. The summed E-state index contributed by atoms with van der Waals surface area (Å²) in [5.41, 5.74) is 0.226. The van der Waals surface area contributed by atoms with Gasteiger partial charge in [0.05, 0.1) is 26.5 Å². The van der Waals surface area contributed by atoms with Gasteiger partial charge < -0.3 is 24.4 Å². The van der Waals surface area contributed by atoms with Gasteiger partial charge in [-0.3, -0.25) is 9.69 Å². The van der Waals surface area contributed by atoms with Crippen molar-refractivity contribution in [2.45, 2.75) is 46.3 Å². The highest BCUT2D eigenvalue weighted by atomic mass is 19.1. The molecule has 0 unspecified atom stereocenters. The predicted molar refractivity (Wildman–Crippen MR) is 186 cm³/mol. The lowest BCUT2D eigenvalue weighted by molar-refractivity contribution is -0.117. The van der Waals surface area contributed by atoms with E-state index in [1.54, 1.807) is 51.1 Å². The van der Waals surface area contributed by atoms with E-state index in [2.05, 4.69) is 30.6 Å². The number of hydrogen-bond acceptors (Lipinski definition) is 11. The van der Waals surface area contributed by atoms with Gasteiger partial charge in [0.25, 0.3) is 0 Å². The first-order chi connectivity index (χ1) is 25.1. The molecule has 0 saturated heterocycles. The van der Waals surface area contributed by atoms with Gasteiger partial charge in [-0.05, 0) is 56.9 Å². The number of nitrogens with zero attached hydrogens (tertiary/aromatic N) is 8. The van der Waals surface area contributed by atoms with Crippen molar-refractivity contribution in [2.75, 3.05) is 49.5 Å². The Balaban J connectivity index is 1.46. The number of anilines is 3. The molecule has 5 aromatic rings. The van der Waals surface area contributed by atoms with E-state index in [0.29, 0.717) is 22.3 Å². The summed E-state index contributed by atoms with van der Waals surface area (Å²) in [5.74, 6) is -0.0256. The summed E-state index contributed by atoms with van der Waals surface area (Å²) < 4.78 is 58.1. The maximum atomic E-state index is 15.7. The van der Waals surface area contributed by atoms with Gasteiger partial charge in [-0.1, -0.05) is 19.1 Å². The lowest BCUT2D eigenvalue weighted by Gasteiger charge is -2.27. The second-order valence-electron chi connectivity index (χ2n) is 13.1. The first-order valence-electron chi connectivity index (χ1n) is 17.5. The number of carbonyl (C=O) groups is 2. The molecule has 2 atom stereocenters. The van der Waals surface area contributed by atoms with Crippen LogP contribution in [0.15, 0.2) is 48.8 Å². The van der Waals surface area contributed by atoms with Gasteiger partial charge in [0.15, 0.2) is 28.9 Å². The van der Waals surface area contributed by atoms with E-state index in [1.165, 1.54) is 31.1 Å². The van der Waals surface area contributed by atoms with Crippen LogP contribution in [0, 0.1) is 17.7 Å². The molecule has 262 valence electrons. The molecule has 1 fully saturated rings. The van der Waals surface area contributed by atoms with Gasteiger partial charge in [0.2, 0.25) is 5.91 Å². The third-order valence-corrected chi connectivity index (χ3v) is 8.13. The van der Waals surface area contributed by atoms with Crippen LogP contribution in [-0.2, 0) is 20.8 Å². The number of amides is 2. The quantitative estimate of drug-likeness (QED) is 0.187. The van der Waals surface area contributed by atoms with E-state index >= 15 is 4.39 Å². The number of halogens is 1. The fourth-order valence-corrected chi connectivity index (χ4v) is 5.37. The second-order valence-corrected chi connectivity index (χ2v) is 13.1. The molecule has 4 heterocycles. The van der Waals surface area contributed by atoms with Crippen molar-refractivity contribution in [3.05, 3.63) is 60.2 Å². The van der Waals surface area contributed by atoms with Crippen LogP contribution in [-0.4, -0.2) is 81.7 Å². The lowest BCUT2D eigenvalue weighted by atomic mass is 10.1. The van der Waals surface area contributed by atoms with Crippen molar-refractivity contribution in [3.8, 4) is 17.1 Å². The molecule has 4 aromatic heterocycles. The maximum Gasteiger partial charge on any atom is 0.415 e. The van der Waals surface area contributed by atoms with Gasteiger partial charge in [-0.2, -0.15) is 0 Å².